The fourth-order valence-electron chi connectivity index (χ4n) is 2.76. The van der Waals surface area contributed by atoms with Gasteiger partial charge in [-0.15, -0.1) is 0 Å². The molecule has 0 unspecified atom stereocenters. The summed E-state index contributed by atoms with van der Waals surface area (Å²) in [4.78, 5) is 39.7. The van der Waals surface area contributed by atoms with Crippen LogP contribution in [0, 0.1) is 0 Å². The van der Waals surface area contributed by atoms with Crippen molar-refractivity contribution in [2.75, 3.05) is 24.5 Å². The van der Waals surface area contributed by atoms with E-state index >= 15 is 0 Å². The second-order valence-corrected chi connectivity index (χ2v) is 6.20. The fourth-order valence-corrected chi connectivity index (χ4v) is 2.88. The Kier molecular flexibility index (Phi) is 5.14. The van der Waals surface area contributed by atoms with Crippen molar-refractivity contribution in [1.82, 2.24) is 4.90 Å². The molecule has 2 aromatic rings. The van der Waals surface area contributed by atoms with Gasteiger partial charge in [-0.05, 0) is 36.4 Å². The van der Waals surface area contributed by atoms with Crippen LogP contribution < -0.4 is 4.90 Å². The van der Waals surface area contributed by atoms with Gasteiger partial charge in [-0.2, -0.15) is 0 Å². The number of para-hydroxylation sites is 1. The van der Waals surface area contributed by atoms with Crippen LogP contribution in [0.1, 0.15) is 16.8 Å². The van der Waals surface area contributed by atoms with E-state index in [1.54, 1.807) is 36.4 Å². The third-order valence-corrected chi connectivity index (χ3v) is 4.40. The van der Waals surface area contributed by atoms with Gasteiger partial charge in [-0.3, -0.25) is 14.4 Å². The number of carbonyl (C=O) groups is 3. The van der Waals surface area contributed by atoms with Crippen molar-refractivity contribution in [2.24, 2.45) is 0 Å². The van der Waals surface area contributed by atoms with Crippen LogP contribution in [0.25, 0.3) is 0 Å². The summed E-state index contributed by atoms with van der Waals surface area (Å²) < 4.78 is 0. The molecular formula is C19H17ClN2O3. The minimum Gasteiger partial charge on any atom is -0.332 e. The monoisotopic (exact) mass is 356 g/mol. The van der Waals surface area contributed by atoms with Crippen molar-refractivity contribution in [2.45, 2.75) is 6.42 Å². The SMILES string of the molecule is O=C(CCN1CCN(c2ccccc2)C(=O)C1=O)c1ccc(Cl)cc1. The summed E-state index contributed by atoms with van der Waals surface area (Å²) >= 11 is 5.81. The molecule has 2 aromatic carbocycles. The van der Waals surface area contributed by atoms with Crippen LogP contribution in [-0.4, -0.2) is 42.1 Å². The van der Waals surface area contributed by atoms with Crippen molar-refractivity contribution in [3.63, 3.8) is 0 Å². The fraction of sp³-hybridized carbons (Fsp3) is 0.211. The normalized spacial score (nSPS) is 14.8. The van der Waals surface area contributed by atoms with Crippen LogP contribution >= 0.6 is 11.6 Å². The molecule has 5 nitrogen and oxygen atoms in total. The number of nitrogens with zero attached hydrogens (tertiary/aromatic N) is 2. The lowest BCUT2D eigenvalue weighted by Crippen LogP contribution is -2.54. The number of hydrogen-bond donors (Lipinski definition) is 0. The summed E-state index contributed by atoms with van der Waals surface area (Å²) in [5.74, 6) is -1.21. The van der Waals surface area contributed by atoms with Gasteiger partial charge in [0.25, 0.3) is 0 Å². The first kappa shape index (κ1) is 17.2. The van der Waals surface area contributed by atoms with Gasteiger partial charge in [-0.1, -0.05) is 29.8 Å². The van der Waals surface area contributed by atoms with Gasteiger partial charge < -0.3 is 9.80 Å². The molecule has 1 aliphatic rings. The highest BCUT2D eigenvalue weighted by molar-refractivity contribution is 6.41. The molecule has 0 aliphatic carbocycles. The maximum absolute atomic E-state index is 12.3. The smallest absolute Gasteiger partial charge is 0.316 e. The zero-order valence-electron chi connectivity index (χ0n) is 13.5. The highest BCUT2D eigenvalue weighted by atomic mass is 35.5. The molecule has 0 radical (unpaired) electrons. The Bertz CT molecular complexity index is 790. The zero-order valence-corrected chi connectivity index (χ0v) is 14.3. The van der Waals surface area contributed by atoms with E-state index in [9.17, 15) is 14.4 Å². The molecule has 0 atom stereocenters. The minimum absolute atomic E-state index is 0.0811. The molecule has 25 heavy (non-hydrogen) atoms. The molecule has 1 aliphatic heterocycles. The molecule has 1 heterocycles. The summed E-state index contributed by atoms with van der Waals surface area (Å²) in [5.41, 5.74) is 1.25. The highest BCUT2D eigenvalue weighted by Gasteiger charge is 2.33. The molecule has 6 heteroatoms. The Morgan fingerprint density at radius 1 is 0.920 bits per heavy atom. The Labute approximate surface area is 150 Å². The van der Waals surface area contributed by atoms with Crippen LogP contribution in [-0.2, 0) is 9.59 Å². The molecule has 0 aromatic heterocycles. The molecule has 0 N–H and O–H groups in total. The second-order valence-electron chi connectivity index (χ2n) is 5.76. The lowest BCUT2D eigenvalue weighted by atomic mass is 10.1. The van der Waals surface area contributed by atoms with Crippen LogP contribution in [0.2, 0.25) is 5.02 Å². The lowest BCUT2D eigenvalue weighted by molar-refractivity contribution is -0.146. The van der Waals surface area contributed by atoms with Crippen molar-refractivity contribution >= 4 is 34.9 Å². The molecule has 2 amide bonds. The maximum Gasteiger partial charge on any atom is 0.316 e. The number of anilines is 1. The van der Waals surface area contributed by atoms with Crippen LogP contribution in [0.3, 0.4) is 0 Å². The molecule has 1 saturated heterocycles. The van der Waals surface area contributed by atoms with Crippen molar-refractivity contribution in [3.05, 3.63) is 65.2 Å². The Hall–Kier alpha value is -2.66. The number of amides is 2. The first-order chi connectivity index (χ1) is 12.1. The van der Waals surface area contributed by atoms with Gasteiger partial charge >= 0.3 is 11.8 Å². The molecule has 0 bridgehead atoms. The highest BCUT2D eigenvalue weighted by Crippen LogP contribution is 2.18. The number of rotatable bonds is 5. The Morgan fingerprint density at radius 3 is 2.28 bits per heavy atom. The predicted molar refractivity (Wildman–Crippen MR) is 95.8 cm³/mol. The standard InChI is InChI=1S/C19H17ClN2O3/c20-15-8-6-14(7-9-15)17(23)10-11-21-12-13-22(19(25)18(21)24)16-4-2-1-3-5-16/h1-9H,10-13H2. The summed E-state index contributed by atoms with van der Waals surface area (Å²) in [6.07, 6.45) is 0.173. The number of benzene rings is 2. The number of piperazine rings is 1. The summed E-state index contributed by atoms with van der Waals surface area (Å²) in [6.45, 7) is 1.06. The molecule has 1 fully saturated rings. The quantitative estimate of drug-likeness (QED) is 0.611. The largest absolute Gasteiger partial charge is 0.332 e. The number of halogens is 1. The van der Waals surface area contributed by atoms with Crippen molar-refractivity contribution in [3.8, 4) is 0 Å². The van der Waals surface area contributed by atoms with E-state index in [-0.39, 0.29) is 18.7 Å². The number of Topliss-reactive ketones (excluding diaryl/α,β-unsaturated/α-hetero) is 1. The number of hydrogen-bond acceptors (Lipinski definition) is 3. The minimum atomic E-state index is -0.570. The summed E-state index contributed by atoms with van der Waals surface area (Å²) in [7, 11) is 0. The predicted octanol–water partition coefficient (Wildman–Crippen LogP) is 2.79. The van der Waals surface area contributed by atoms with Gasteiger partial charge in [0.2, 0.25) is 0 Å². The van der Waals surface area contributed by atoms with E-state index in [4.69, 9.17) is 11.6 Å². The van der Waals surface area contributed by atoms with E-state index in [0.717, 1.165) is 0 Å². The lowest BCUT2D eigenvalue weighted by Gasteiger charge is -2.33. The molecule has 0 saturated carbocycles. The Morgan fingerprint density at radius 2 is 1.60 bits per heavy atom. The number of carbonyl (C=O) groups excluding carboxylic acids is 3. The third-order valence-electron chi connectivity index (χ3n) is 4.15. The molecule has 3 rings (SSSR count). The Balaban J connectivity index is 1.60. The average molecular weight is 357 g/mol. The summed E-state index contributed by atoms with van der Waals surface area (Å²) in [6, 6.07) is 15.7. The first-order valence-corrected chi connectivity index (χ1v) is 8.38. The molecular weight excluding hydrogens is 340 g/mol. The number of ketones is 1. The maximum atomic E-state index is 12.3. The van der Waals surface area contributed by atoms with Gasteiger partial charge in [0.05, 0.1) is 0 Å². The van der Waals surface area contributed by atoms with E-state index < -0.39 is 11.8 Å². The van der Waals surface area contributed by atoms with Crippen LogP contribution in [0.4, 0.5) is 5.69 Å². The first-order valence-electron chi connectivity index (χ1n) is 8.01. The van der Waals surface area contributed by atoms with Crippen LogP contribution in [0.5, 0.6) is 0 Å². The molecule has 0 spiro atoms. The van der Waals surface area contributed by atoms with Gasteiger partial charge in [0.15, 0.2) is 5.78 Å². The van der Waals surface area contributed by atoms with Gasteiger partial charge in [0.1, 0.15) is 0 Å². The zero-order chi connectivity index (χ0) is 17.8. The van der Waals surface area contributed by atoms with Crippen molar-refractivity contribution < 1.29 is 14.4 Å². The van der Waals surface area contributed by atoms with Crippen LogP contribution in [0.15, 0.2) is 54.6 Å². The average Bonchev–Trinajstić information content (AvgIpc) is 2.64. The van der Waals surface area contributed by atoms with E-state index in [1.165, 1.54) is 9.80 Å². The molecule has 128 valence electrons. The van der Waals surface area contributed by atoms with E-state index in [0.29, 0.717) is 29.4 Å². The second kappa shape index (κ2) is 7.49. The summed E-state index contributed by atoms with van der Waals surface area (Å²) in [5, 5.41) is 0.564. The topological polar surface area (TPSA) is 57.7 Å². The van der Waals surface area contributed by atoms with E-state index in [1.807, 2.05) is 18.2 Å². The van der Waals surface area contributed by atoms with Gasteiger partial charge in [0, 0.05) is 42.3 Å². The van der Waals surface area contributed by atoms with E-state index in [2.05, 4.69) is 0 Å². The third kappa shape index (κ3) is 3.88. The van der Waals surface area contributed by atoms with Gasteiger partial charge in [-0.25, -0.2) is 0 Å². The van der Waals surface area contributed by atoms with Crippen molar-refractivity contribution in [1.29, 1.82) is 0 Å².